The lowest BCUT2D eigenvalue weighted by molar-refractivity contribution is 0.0951. The zero-order valence-electron chi connectivity index (χ0n) is 12.0. The number of hydrogen-bond acceptors (Lipinski definition) is 4. The van der Waals surface area contributed by atoms with Crippen molar-refractivity contribution in [3.8, 4) is 0 Å². The van der Waals surface area contributed by atoms with E-state index in [-0.39, 0.29) is 5.91 Å². The largest absolute Gasteiger partial charge is 0.348 e. The fourth-order valence-corrected chi connectivity index (χ4v) is 2.30. The molecular weight excluding hydrogens is 290 g/mol. The Balaban J connectivity index is 2.13. The van der Waals surface area contributed by atoms with Crippen LogP contribution in [-0.4, -0.2) is 15.7 Å². The van der Waals surface area contributed by atoms with Gasteiger partial charge in [-0.2, -0.15) is 5.10 Å². The second-order valence-corrected chi connectivity index (χ2v) is 5.08. The normalized spacial score (nSPS) is 10.5. The van der Waals surface area contributed by atoms with Crippen LogP contribution in [0, 0.1) is 0 Å². The predicted molar refractivity (Wildman–Crippen MR) is 83.0 cm³/mol. The summed E-state index contributed by atoms with van der Waals surface area (Å²) < 4.78 is 1.74. The average Bonchev–Trinajstić information content (AvgIpc) is 2.84. The van der Waals surface area contributed by atoms with E-state index in [1.54, 1.807) is 22.9 Å². The molecule has 6 nitrogen and oxygen atoms in total. The number of halogens is 1. The Kier molecular flexibility index (Phi) is 4.82. The minimum absolute atomic E-state index is 0.239. The first-order valence-electron chi connectivity index (χ1n) is 6.61. The van der Waals surface area contributed by atoms with E-state index in [2.05, 4.69) is 15.8 Å². The number of carbonyl (C=O) groups is 1. The molecule has 0 radical (unpaired) electrons. The van der Waals surface area contributed by atoms with Crippen molar-refractivity contribution < 1.29 is 4.79 Å². The third-order valence-corrected chi connectivity index (χ3v) is 3.38. The topological polar surface area (TPSA) is 85.0 Å². The number of rotatable bonds is 5. The molecule has 0 bridgehead atoms. The van der Waals surface area contributed by atoms with Crippen LogP contribution in [0.1, 0.15) is 28.5 Å². The monoisotopic (exact) mass is 307 g/mol. The molecule has 0 aliphatic rings. The van der Waals surface area contributed by atoms with Crippen molar-refractivity contribution in [3.05, 3.63) is 46.2 Å². The van der Waals surface area contributed by atoms with Crippen LogP contribution >= 0.6 is 11.6 Å². The third-order valence-electron chi connectivity index (χ3n) is 3.15. The molecule has 1 aromatic heterocycles. The predicted octanol–water partition coefficient (Wildman–Crippen LogP) is 1.85. The first-order valence-corrected chi connectivity index (χ1v) is 6.98. The minimum Gasteiger partial charge on any atom is -0.348 e. The highest BCUT2D eigenvalue weighted by molar-refractivity contribution is 6.31. The molecule has 2 aromatic rings. The summed E-state index contributed by atoms with van der Waals surface area (Å²) in [5.74, 6) is 5.17. The van der Waals surface area contributed by atoms with Gasteiger partial charge in [0.05, 0.1) is 16.9 Å². The molecule has 7 heteroatoms. The molecular formula is C14H18ClN5O. The Hall–Kier alpha value is -2.05. The molecule has 0 saturated heterocycles. The number of benzene rings is 1. The molecule has 0 fully saturated rings. The second-order valence-electron chi connectivity index (χ2n) is 4.65. The Morgan fingerprint density at radius 3 is 2.90 bits per heavy atom. The van der Waals surface area contributed by atoms with E-state index < -0.39 is 0 Å². The highest BCUT2D eigenvalue weighted by atomic mass is 35.5. The van der Waals surface area contributed by atoms with Gasteiger partial charge in [-0.1, -0.05) is 18.5 Å². The van der Waals surface area contributed by atoms with Gasteiger partial charge >= 0.3 is 0 Å². The SMILES string of the molecule is CCc1nn(C)cc1CNC(=O)c1cc(Cl)ccc1NN. The lowest BCUT2D eigenvalue weighted by atomic mass is 10.1. The lowest BCUT2D eigenvalue weighted by Gasteiger charge is -2.10. The number of nitrogens with one attached hydrogen (secondary N) is 2. The van der Waals surface area contributed by atoms with E-state index in [1.165, 1.54) is 0 Å². The Bertz CT molecular complexity index is 653. The van der Waals surface area contributed by atoms with Crippen LogP contribution in [0.3, 0.4) is 0 Å². The van der Waals surface area contributed by atoms with Crippen LogP contribution in [0.5, 0.6) is 0 Å². The van der Waals surface area contributed by atoms with Gasteiger partial charge in [0.1, 0.15) is 0 Å². The molecule has 21 heavy (non-hydrogen) atoms. The first-order chi connectivity index (χ1) is 10.0. The third kappa shape index (κ3) is 3.53. The summed E-state index contributed by atoms with van der Waals surface area (Å²) in [6.45, 7) is 2.44. The van der Waals surface area contributed by atoms with Crippen LogP contribution in [0.2, 0.25) is 5.02 Å². The number of carbonyl (C=O) groups excluding carboxylic acids is 1. The summed E-state index contributed by atoms with van der Waals surface area (Å²) in [5, 5.41) is 7.68. The van der Waals surface area contributed by atoms with Gasteiger partial charge in [-0.3, -0.25) is 15.3 Å². The van der Waals surface area contributed by atoms with Crippen molar-refractivity contribution in [2.75, 3.05) is 5.43 Å². The Morgan fingerprint density at radius 1 is 1.48 bits per heavy atom. The minimum atomic E-state index is -0.239. The molecule has 0 unspecified atom stereocenters. The van der Waals surface area contributed by atoms with Crippen LogP contribution in [0.25, 0.3) is 0 Å². The maximum Gasteiger partial charge on any atom is 0.253 e. The smallest absolute Gasteiger partial charge is 0.253 e. The van der Waals surface area contributed by atoms with Gasteiger partial charge in [-0.05, 0) is 24.6 Å². The molecule has 4 N–H and O–H groups in total. The van der Waals surface area contributed by atoms with E-state index in [4.69, 9.17) is 17.4 Å². The highest BCUT2D eigenvalue weighted by Gasteiger charge is 2.13. The van der Waals surface area contributed by atoms with E-state index in [9.17, 15) is 4.79 Å². The molecule has 0 spiro atoms. The summed E-state index contributed by atoms with van der Waals surface area (Å²) in [7, 11) is 1.86. The Morgan fingerprint density at radius 2 is 2.24 bits per heavy atom. The summed E-state index contributed by atoms with van der Waals surface area (Å²) in [4.78, 5) is 12.3. The van der Waals surface area contributed by atoms with E-state index in [0.717, 1.165) is 17.7 Å². The number of nitrogens with two attached hydrogens (primary N) is 1. The molecule has 1 amide bonds. The van der Waals surface area contributed by atoms with Crippen molar-refractivity contribution in [3.63, 3.8) is 0 Å². The number of hydrogen-bond donors (Lipinski definition) is 3. The zero-order chi connectivity index (χ0) is 15.4. The number of aromatic nitrogens is 2. The standard InChI is InChI=1S/C14H18ClN5O/c1-3-12-9(8-20(2)19-12)7-17-14(21)11-6-10(15)4-5-13(11)18-16/h4-6,8,18H,3,7,16H2,1-2H3,(H,17,21). The average molecular weight is 308 g/mol. The van der Waals surface area contributed by atoms with Gasteiger partial charge in [0.2, 0.25) is 0 Å². The molecule has 1 aromatic carbocycles. The van der Waals surface area contributed by atoms with E-state index in [1.807, 2.05) is 20.2 Å². The number of nitrogen functional groups attached to an aromatic ring is 1. The van der Waals surface area contributed by atoms with Gasteiger partial charge in [0, 0.05) is 30.4 Å². The number of aryl methyl sites for hydroxylation is 2. The number of amides is 1. The molecule has 0 aliphatic carbocycles. The van der Waals surface area contributed by atoms with Crippen LogP contribution in [0.4, 0.5) is 5.69 Å². The molecule has 112 valence electrons. The summed E-state index contributed by atoms with van der Waals surface area (Å²) in [6, 6.07) is 4.92. The fourth-order valence-electron chi connectivity index (χ4n) is 2.13. The second kappa shape index (κ2) is 6.60. The van der Waals surface area contributed by atoms with Crippen molar-refractivity contribution in [1.82, 2.24) is 15.1 Å². The van der Waals surface area contributed by atoms with Crippen molar-refractivity contribution in [2.24, 2.45) is 12.9 Å². The van der Waals surface area contributed by atoms with Crippen molar-refractivity contribution in [2.45, 2.75) is 19.9 Å². The number of hydrazine groups is 1. The molecule has 0 aliphatic heterocycles. The lowest BCUT2D eigenvalue weighted by Crippen LogP contribution is -2.25. The van der Waals surface area contributed by atoms with Crippen LogP contribution < -0.4 is 16.6 Å². The van der Waals surface area contributed by atoms with Crippen molar-refractivity contribution in [1.29, 1.82) is 0 Å². The molecule has 0 saturated carbocycles. The maximum atomic E-state index is 12.3. The van der Waals surface area contributed by atoms with Gasteiger partial charge in [-0.25, -0.2) is 0 Å². The van der Waals surface area contributed by atoms with Gasteiger partial charge in [0.25, 0.3) is 5.91 Å². The van der Waals surface area contributed by atoms with Gasteiger partial charge < -0.3 is 10.7 Å². The fraction of sp³-hybridized carbons (Fsp3) is 0.286. The quantitative estimate of drug-likeness (QED) is 0.581. The molecule has 1 heterocycles. The highest BCUT2D eigenvalue weighted by Crippen LogP contribution is 2.20. The molecule has 2 rings (SSSR count). The number of anilines is 1. The Labute approximate surface area is 128 Å². The first kappa shape index (κ1) is 15.3. The summed E-state index contributed by atoms with van der Waals surface area (Å²) >= 11 is 5.92. The zero-order valence-corrected chi connectivity index (χ0v) is 12.7. The van der Waals surface area contributed by atoms with E-state index in [0.29, 0.717) is 22.8 Å². The van der Waals surface area contributed by atoms with Crippen LogP contribution in [-0.2, 0) is 20.0 Å². The number of nitrogens with zero attached hydrogens (tertiary/aromatic N) is 2. The van der Waals surface area contributed by atoms with Gasteiger partial charge in [-0.15, -0.1) is 0 Å². The van der Waals surface area contributed by atoms with E-state index >= 15 is 0 Å². The van der Waals surface area contributed by atoms with Crippen LogP contribution in [0.15, 0.2) is 24.4 Å². The van der Waals surface area contributed by atoms with Crippen molar-refractivity contribution >= 4 is 23.2 Å². The van der Waals surface area contributed by atoms with Gasteiger partial charge in [0.15, 0.2) is 0 Å². The summed E-state index contributed by atoms with van der Waals surface area (Å²) in [6.07, 6.45) is 2.72. The maximum absolute atomic E-state index is 12.3. The molecule has 0 atom stereocenters. The summed E-state index contributed by atoms with van der Waals surface area (Å²) in [5.41, 5.74) is 5.40.